The lowest BCUT2D eigenvalue weighted by Gasteiger charge is -2.39. The molecule has 2 heterocycles. The molecule has 0 aromatic heterocycles. The second-order valence-corrected chi connectivity index (χ2v) is 7.33. The SMILES string of the molecule is NC1=Nc2ccc(OC(F)(F)F)cc2S12OC(=O)CC[C@@H](N)C(=O)O2. The van der Waals surface area contributed by atoms with E-state index < -0.39 is 40.7 Å². The molecule has 2 atom stereocenters. The average Bonchev–Trinajstić information content (AvgIpc) is 2.75. The fourth-order valence-electron chi connectivity index (χ4n) is 2.22. The lowest BCUT2D eigenvalue weighted by Crippen LogP contribution is -2.38. The number of carbonyl (C=O) groups is 2. The summed E-state index contributed by atoms with van der Waals surface area (Å²) in [6, 6.07) is 2.03. The van der Waals surface area contributed by atoms with Crippen molar-refractivity contribution in [1.82, 2.24) is 0 Å². The first-order valence-electron chi connectivity index (χ1n) is 6.89. The molecule has 1 spiro atoms. The number of hydrogen-bond acceptors (Lipinski definition) is 8. The summed E-state index contributed by atoms with van der Waals surface area (Å²) in [5, 5.41) is -0.331. The van der Waals surface area contributed by atoms with Crippen LogP contribution in [0.5, 0.6) is 5.75 Å². The fourth-order valence-corrected chi connectivity index (χ4v) is 4.41. The van der Waals surface area contributed by atoms with Gasteiger partial charge in [0.05, 0.1) is 5.69 Å². The van der Waals surface area contributed by atoms with Crippen molar-refractivity contribution in [3.8, 4) is 5.75 Å². The van der Waals surface area contributed by atoms with Crippen LogP contribution in [0.4, 0.5) is 18.9 Å². The Kier molecular flexibility index (Phi) is 4.03. The number of rotatable bonds is 1. The number of fused-ring (bicyclic) bond motifs is 2. The van der Waals surface area contributed by atoms with Gasteiger partial charge in [-0.25, -0.2) is 9.79 Å². The lowest BCUT2D eigenvalue weighted by atomic mass is 10.2. The maximum absolute atomic E-state index is 12.4. The molecule has 1 saturated heterocycles. The Morgan fingerprint density at radius 1 is 1.28 bits per heavy atom. The van der Waals surface area contributed by atoms with Crippen LogP contribution in [-0.2, 0) is 18.0 Å². The smallest absolute Gasteiger partial charge is 0.406 e. The van der Waals surface area contributed by atoms with Crippen LogP contribution in [0.3, 0.4) is 0 Å². The molecule has 12 heteroatoms. The van der Waals surface area contributed by atoms with Crippen molar-refractivity contribution in [2.75, 3.05) is 0 Å². The molecule has 1 aromatic rings. The molecule has 136 valence electrons. The molecule has 0 aliphatic carbocycles. The highest BCUT2D eigenvalue weighted by Crippen LogP contribution is 2.66. The van der Waals surface area contributed by atoms with Gasteiger partial charge in [-0.15, -0.1) is 13.2 Å². The van der Waals surface area contributed by atoms with Gasteiger partial charge in [0.2, 0.25) is 5.17 Å². The van der Waals surface area contributed by atoms with Crippen molar-refractivity contribution in [3.05, 3.63) is 18.2 Å². The van der Waals surface area contributed by atoms with E-state index in [1.165, 1.54) is 6.07 Å². The van der Waals surface area contributed by atoms with Crippen LogP contribution in [0.15, 0.2) is 28.1 Å². The Labute approximate surface area is 140 Å². The number of benzene rings is 1. The van der Waals surface area contributed by atoms with Crippen LogP contribution < -0.4 is 16.2 Å². The summed E-state index contributed by atoms with van der Waals surface area (Å²) in [5.41, 5.74) is 11.5. The lowest BCUT2D eigenvalue weighted by molar-refractivity contribution is -0.274. The fraction of sp³-hybridized carbons (Fsp3) is 0.308. The number of amidine groups is 1. The van der Waals surface area contributed by atoms with E-state index in [0.29, 0.717) is 0 Å². The summed E-state index contributed by atoms with van der Waals surface area (Å²) >= 11 is 0. The van der Waals surface area contributed by atoms with E-state index in [0.717, 1.165) is 12.1 Å². The van der Waals surface area contributed by atoms with Gasteiger partial charge in [0, 0.05) is 12.5 Å². The Balaban J connectivity index is 2.07. The van der Waals surface area contributed by atoms with Crippen LogP contribution >= 0.6 is 10.6 Å². The van der Waals surface area contributed by atoms with Crippen LogP contribution in [0.1, 0.15) is 12.8 Å². The van der Waals surface area contributed by atoms with E-state index in [-0.39, 0.29) is 28.6 Å². The van der Waals surface area contributed by atoms with Gasteiger partial charge in [0.1, 0.15) is 16.7 Å². The first-order chi connectivity index (χ1) is 11.6. The van der Waals surface area contributed by atoms with E-state index in [1.807, 2.05) is 0 Å². The third-order valence-electron chi connectivity index (χ3n) is 3.33. The quantitative estimate of drug-likeness (QED) is 0.761. The minimum absolute atomic E-state index is 0.00825. The van der Waals surface area contributed by atoms with E-state index >= 15 is 0 Å². The van der Waals surface area contributed by atoms with Crippen molar-refractivity contribution >= 4 is 33.4 Å². The average molecular weight is 379 g/mol. The monoisotopic (exact) mass is 379 g/mol. The molecule has 2 aliphatic heterocycles. The van der Waals surface area contributed by atoms with Crippen molar-refractivity contribution in [1.29, 1.82) is 0 Å². The Morgan fingerprint density at radius 2 is 2.00 bits per heavy atom. The van der Waals surface area contributed by atoms with Crippen LogP contribution in [0.2, 0.25) is 0 Å². The van der Waals surface area contributed by atoms with Gasteiger partial charge in [-0.05, 0) is 29.1 Å². The number of hydrogen-bond donors (Lipinski definition) is 2. The highest BCUT2D eigenvalue weighted by molar-refractivity contribution is 8.39. The standard InChI is InChI=1S/C13H12F3N3O5S/c14-13(15,16)22-6-1-3-8-9(5-6)25(12(18)19-8)23-10(20)4-2-7(17)11(21)24-25/h1,3,5,7H,2,4,17H2,(H2,18,19)/t7-/m1/s1. The van der Waals surface area contributed by atoms with E-state index in [9.17, 15) is 22.8 Å². The van der Waals surface area contributed by atoms with Crippen LogP contribution in [-0.4, -0.2) is 29.5 Å². The Morgan fingerprint density at radius 3 is 2.68 bits per heavy atom. The predicted molar refractivity (Wildman–Crippen MR) is 79.7 cm³/mol. The van der Waals surface area contributed by atoms with Gasteiger partial charge in [0.15, 0.2) is 0 Å². The maximum atomic E-state index is 12.4. The summed E-state index contributed by atoms with van der Waals surface area (Å²) < 4.78 is 51.6. The number of aliphatic imine (C=N–C) groups is 1. The third-order valence-corrected chi connectivity index (χ3v) is 5.70. The van der Waals surface area contributed by atoms with Gasteiger partial charge in [-0.1, -0.05) is 0 Å². The summed E-state index contributed by atoms with van der Waals surface area (Å²) in [6.45, 7) is 0. The molecule has 4 N–H and O–H groups in total. The number of nitrogens with zero attached hydrogens (tertiary/aromatic N) is 1. The van der Waals surface area contributed by atoms with Crippen molar-refractivity contribution < 1.29 is 35.9 Å². The zero-order valence-electron chi connectivity index (χ0n) is 12.4. The maximum Gasteiger partial charge on any atom is 0.573 e. The molecule has 0 radical (unpaired) electrons. The molecule has 1 fully saturated rings. The summed E-state index contributed by atoms with van der Waals surface area (Å²) in [4.78, 5) is 27.9. The zero-order valence-corrected chi connectivity index (χ0v) is 13.2. The number of ether oxygens (including phenoxy) is 1. The normalized spacial score (nSPS) is 28.8. The van der Waals surface area contributed by atoms with Crippen molar-refractivity contribution in [2.45, 2.75) is 30.1 Å². The molecular formula is C13H12F3N3O5S. The van der Waals surface area contributed by atoms with Crippen molar-refractivity contribution in [2.24, 2.45) is 16.5 Å². The summed E-state index contributed by atoms with van der Waals surface area (Å²) in [6.07, 6.45) is -5.10. The Hall–Kier alpha value is -2.47. The highest BCUT2D eigenvalue weighted by atomic mass is 32.3. The highest BCUT2D eigenvalue weighted by Gasteiger charge is 2.45. The van der Waals surface area contributed by atoms with Gasteiger partial charge < -0.3 is 24.6 Å². The predicted octanol–water partition coefficient (Wildman–Crippen LogP) is 1.75. The molecular weight excluding hydrogens is 367 g/mol. The molecule has 0 saturated carbocycles. The van der Waals surface area contributed by atoms with Gasteiger partial charge in [-0.2, -0.15) is 0 Å². The zero-order chi connectivity index (χ0) is 18.4. The topological polar surface area (TPSA) is 126 Å². The summed E-state index contributed by atoms with van der Waals surface area (Å²) in [7, 11) is -3.37. The number of carbonyl (C=O) groups excluding carboxylic acids is 2. The molecule has 8 nitrogen and oxygen atoms in total. The minimum Gasteiger partial charge on any atom is -0.406 e. The molecule has 1 aromatic carbocycles. The second kappa shape index (κ2) is 5.81. The van der Waals surface area contributed by atoms with Crippen molar-refractivity contribution in [3.63, 3.8) is 0 Å². The minimum atomic E-state index is -4.93. The van der Waals surface area contributed by atoms with Gasteiger partial charge in [-0.3, -0.25) is 4.79 Å². The molecule has 1 unspecified atom stereocenters. The molecule has 3 rings (SSSR count). The molecule has 0 amide bonds. The second-order valence-electron chi connectivity index (χ2n) is 5.13. The Bertz CT molecular complexity index is 785. The van der Waals surface area contributed by atoms with Crippen LogP contribution in [0, 0.1) is 0 Å². The number of nitrogens with two attached hydrogens (primary N) is 2. The van der Waals surface area contributed by atoms with Gasteiger partial charge >= 0.3 is 18.3 Å². The first-order valence-corrected chi connectivity index (χ1v) is 8.37. The van der Waals surface area contributed by atoms with Crippen LogP contribution in [0.25, 0.3) is 0 Å². The third kappa shape index (κ3) is 3.22. The molecule has 0 bridgehead atoms. The molecule has 2 aliphatic rings. The number of alkyl halides is 3. The van der Waals surface area contributed by atoms with E-state index in [4.69, 9.17) is 19.8 Å². The van der Waals surface area contributed by atoms with E-state index in [2.05, 4.69) is 9.73 Å². The number of halogens is 3. The van der Waals surface area contributed by atoms with E-state index in [1.54, 1.807) is 0 Å². The first kappa shape index (κ1) is 17.4. The molecule has 25 heavy (non-hydrogen) atoms. The van der Waals surface area contributed by atoms with Gasteiger partial charge in [0.25, 0.3) is 0 Å². The largest absolute Gasteiger partial charge is 0.573 e. The summed E-state index contributed by atoms with van der Waals surface area (Å²) in [5.74, 6) is -2.25.